The summed E-state index contributed by atoms with van der Waals surface area (Å²) in [6.07, 6.45) is 0. The first-order valence-corrected chi connectivity index (χ1v) is 7.47. The molecule has 0 aromatic heterocycles. The molecule has 0 aliphatic heterocycles. The van der Waals surface area contributed by atoms with E-state index in [9.17, 15) is 8.42 Å². The highest BCUT2D eigenvalue weighted by atomic mass is 32.2. The summed E-state index contributed by atoms with van der Waals surface area (Å²) in [5.41, 5.74) is 1.92. The normalized spacial score (nSPS) is 12.7. The molecule has 0 bridgehead atoms. The fraction of sp³-hybridized carbons (Fsp3) is 0.538. The standard InChI is InChI=1S/C13H21NO2S/c1-5-14-17(15,16)10-11-8-6-7-9-12(11)13(2,3)4/h6-9,14H,5,10H2,1-4H3. The van der Waals surface area contributed by atoms with E-state index in [2.05, 4.69) is 25.5 Å². The van der Waals surface area contributed by atoms with E-state index >= 15 is 0 Å². The number of benzene rings is 1. The highest BCUT2D eigenvalue weighted by Gasteiger charge is 2.20. The number of sulfonamides is 1. The topological polar surface area (TPSA) is 46.2 Å². The maximum atomic E-state index is 11.8. The van der Waals surface area contributed by atoms with Gasteiger partial charge in [-0.2, -0.15) is 0 Å². The van der Waals surface area contributed by atoms with Crippen molar-refractivity contribution in [1.29, 1.82) is 0 Å². The van der Waals surface area contributed by atoms with Crippen molar-refractivity contribution in [3.8, 4) is 0 Å². The summed E-state index contributed by atoms with van der Waals surface area (Å²) in [6.45, 7) is 8.48. The number of hydrogen-bond acceptors (Lipinski definition) is 2. The van der Waals surface area contributed by atoms with Crippen LogP contribution in [0.5, 0.6) is 0 Å². The zero-order valence-electron chi connectivity index (χ0n) is 10.9. The molecule has 96 valence electrons. The molecule has 0 aliphatic rings. The molecule has 1 rings (SSSR count). The van der Waals surface area contributed by atoms with Gasteiger partial charge in [0, 0.05) is 6.54 Å². The van der Waals surface area contributed by atoms with Crippen molar-refractivity contribution in [3.63, 3.8) is 0 Å². The first-order chi connectivity index (χ1) is 7.76. The van der Waals surface area contributed by atoms with Gasteiger partial charge in [-0.15, -0.1) is 0 Å². The maximum absolute atomic E-state index is 11.8. The van der Waals surface area contributed by atoms with Crippen molar-refractivity contribution in [2.75, 3.05) is 6.54 Å². The van der Waals surface area contributed by atoms with Crippen LogP contribution in [-0.2, 0) is 21.2 Å². The molecular formula is C13H21NO2S. The summed E-state index contributed by atoms with van der Waals surface area (Å²) in [7, 11) is -3.22. The van der Waals surface area contributed by atoms with Crippen molar-refractivity contribution < 1.29 is 8.42 Å². The minimum absolute atomic E-state index is 0.0433. The molecule has 17 heavy (non-hydrogen) atoms. The third-order valence-electron chi connectivity index (χ3n) is 2.54. The van der Waals surface area contributed by atoms with Crippen molar-refractivity contribution in [1.82, 2.24) is 4.72 Å². The minimum Gasteiger partial charge on any atom is -0.215 e. The summed E-state index contributed by atoms with van der Waals surface area (Å²) in [5, 5.41) is 0. The Morgan fingerprint density at radius 2 is 1.76 bits per heavy atom. The molecule has 1 aromatic carbocycles. The molecule has 0 aliphatic carbocycles. The second-order valence-electron chi connectivity index (χ2n) is 5.16. The van der Waals surface area contributed by atoms with Crippen LogP contribution in [0.4, 0.5) is 0 Å². The quantitative estimate of drug-likeness (QED) is 0.898. The van der Waals surface area contributed by atoms with Gasteiger partial charge >= 0.3 is 0 Å². The lowest BCUT2D eigenvalue weighted by Crippen LogP contribution is -2.26. The Morgan fingerprint density at radius 3 is 2.29 bits per heavy atom. The molecule has 4 heteroatoms. The van der Waals surface area contributed by atoms with Gasteiger partial charge < -0.3 is 0 Å². The lowest BCUT2D eigenvalue weighted by atomic mass is 9.84. The van der Waals surface area contributed by atoms with Crippen molar-refractivity contribution in [3.05, 3.63) is 35.4 Å². The fourth-order valence-electron chi connectivity index (χ4n) is 1.85. The summed E-state index contributed by atoms with van der Waals surface area (Å²) in [5.74, 6) is 0.0499. The van der Waals surface area contributed by atoms with Crippen LogP contribution in [0.25, 0.3) is 0 Å². The Bertz CT molecular complexity index is 472. The minimum atomic E-state index is -3.22. The Balaban J connectivity index is 3.08. The van der Waals surface area contributed by atoms with E-state index in [0.717, 1.165) is 11.1 Å². The maximum Gasteiger partial charge on any atom is 0.215 e. The fourth-order valence-corrected chi connectivity index (χ4v) is 3.06. The molecule has 0 heterocycles. The lowest BCUT2D eigenvalue weighted by molar-refractivity contribution is 0.574. The average molecular weight is 255 g/mol. The van der Waals surface area contributed by atoms with Crippen LogP contribution in [0.3, 0.4) is 0 Å². The predicted molar refractivity (Wildman–Crippen MR) is 71.4 cm³/mol. The van der Waals surface area contributed by atoms with Gasteiger partial charge in [0.25, 0.3) is 0 Å². The van der Waals surface area contributed by atoms with Crippen LogP contribution in [0, 0.1) is 0 Å². The molecule has 0 fully saturated rings. The molecule has 0 radical (unpaired) electrons. The highest BCUT2D eigenvalue weighted by molar-refractivity contribution is 7.88. The van der Waals surface area contributed by atoms with Crippen molar-refractivity contribution in [2.45, 2.75) is 38.9 Å². The van der Waals surface area contributed by atoms with E-state index in [1.807, 2.05) is 24.3 Å². The molecule has 3 nitrogen and oxygen atoms in total. The Labute approximate surface area is 104 Å². The van der Waals surface area contributed by atoms with Crippen LogP contribution < -0.4 is 4.72 Å². The molecule has 0 saturated heterocycles. The Morgan fingerprint density at radius 1 is 1.18 bits per heavy atom. The van der Waals surface area contributed by atoms with E-state index in [1.165, 1.54) is 0 Å². The Kier molecular flexibility index (Phi) is 4.33. The number of nitrogens with one attached hydrogen (secondary N) is 1. The van der Waals surface area contributed by atoms with Gasteiger partial charge in [-0.25, -0.2) is 13.1 Å². The van der Waals surface area contributed by atoms with Gasteiger partial charge in [0.2, 0.25) is 10.0 Å². The van der Waals surface area contributed by atoms with Crippen LogP contribution in [0.15, 0.2) is 24.3 Å². The van der Waals surface area contributed by atoms with Gasteiger partial charge in [-0.1, -0.05) is 52.0 Å². The second-order valence-corrected chi connectivity index (χ2v) is 6.97. The SMILES string of the molecule is CCNS(=O)(=O)Cc1ccccc1C(C)(C)C. The molecule has 0 saturated carbocycles. The monoisotopic (exact) mass is 255 g/mol. The average Bonchev–Trinajstić information content (AvgIpc) is 2.15. The first-order valence-electron chi connectivity index (χ1n) is 5.82. The van der Waals surface area contributed by atoms with E-state index in [1.54, 1.807) is 6.92 Å². The van der Waals surface area contributed by atoms with Crippen molar-refractivity contribution in [2.24, 2.45) is 0 Å². The van der Waals surface area contributed by atoms with Crippen LogP contribution in [-0.4, -0.2) is 15.0 Å². The summed E-state index contributed by atoms with van der Waals surface area (Å²) in [6, 6.07) is 7.71. The molecule has 0 spiro atoms. The molecule has 1 aromatic rings. The number of rotatable bonds is 4. The van der Waals surface area contributed by atoms with E-state index < -0.39 is 10.0 Å². The highest BCUT2D eigenvalue weighted by Crippen LogP contribution is 2.26. The van der Waals surface area contributed by atoms with Crippen LogP contribution >= 0.6 is 0 Å². The molecule has 1 N–H and O–H groups in total. The first kappa shape index (κ1) is 14.2. The predicted octanol–water partition coefficient (Wildman–Crippen LogP) is 2.42. The van der Waals surface area contributed by atoms with Crippen molar-refractivity contribution >= 4 is 10.0 Å². The van der Waals surface area contributed by atoms with E-state index in [0.29, 0.717) is 6.54 Å². The third-order valence-corrected chi connectivity index (χ3v) is 3.95. The largest absolute Gasteiger partial charge is 0.215 e. The third kappa shape index (κ3) is 4.13. The summed E-state index contributed by atoms with van der Waals surface area (Å²) >= 11 is 0. The van der Waals surface area contributed by atoms with Gasteiger partial charge in [0.1, 0.15) is 0 Å². The zero-order chi connectivity index (χ0) is 13.1. The summed E-state index contributed by atoms with van der Waals surface area (Å²) in [4.78, 5) is 0. The summed E-state index contributed by atoms with van der Waals surface area (Å²) < 4.78 is 26.1. The smallest absolute Gasteiger partial charge is 0.215 e. The van der Waals surface area contributed by atoms with Gasteiger partial charge in [-0.05, 0) is 16.5 Å². The zero-order valence-corrected chi connectivity index (χ0v) is 11.8. The van der Waals surface area contributed by atoms with E-state index in [4.69, 9.17) is 0 Å². The van der Waals surface area contributed by atoms with Gasteiger partial charge in [0.05, 0.1) is 5.75 Å². The van der Waals surface area contributed by atoms with Gasteiger partial charge in [0.15, 0.2) is 0 Å². The van der Waals surface area contributed by atoms with Crippen LogP contribution in [0.1, 0.15) is 38.8 Å². The molecular weight excluding hydrogens is 234 g/mol. The van der Waals surface area contributed by atoms with Crippen LogP contribution in [0.2, 0.25) is 0 Å². The molecule has 0 unspecified atom stereocenters. The lowest BCUT2D eigenvalue weighted by Gasteiger charge is -2.22. The molecule has 0 amide bonds. The van der Waals surface area contributed by atoms with Gasteiger partial charge in [-0.3, -0.25) is 0 Å². The van der Waals surface area contributed by atoms with E-state index in [-0.39, 0.29) is 11.2 Å². The Hall–Kier alpha value is -0.870. The second kappa shape index (κ2) is 5.19. The number of hydrogen-bond donors (Lipinski definition) is 1. The molecule has 0 atom stereocenters.